The molecule has 0 spiro atoms. The molecule has 1 saturated heterocycles. The third-order valence-electron chi connectivity index (χ3n) is 4.89. The van der Waals surface area contributed by atoms with Gasteiger partial charge in [0.2, 0.25) is 0 Å². The molecule has 2 aromatic rings. The number of benzene rings is 1. The number of halogens is 3. The first-order chi connectivity index (χ1) is 15.2. The molecule has 11 heteroatoms. The van der Waals surface area contributed by atoms with Gasteiger partial charge in [-0.3, -0.25) is 4.79 Å². The molecule has 0 bridgehead atoms. The molecule has 2 heterocycles. The summed E-state index contributed by atoms with van der Waals surface area (Å²) in [5.74, 6) is 0.481. The third-order valence-corrected chi connectivity index (χ3v) is 4.89. The topological polar surface area (TPSA) is 87.7 Å². The van der Waals surface area contributed by atoms with E-state index in [1.165, 1.54) is 12.1 Å². The Balaban J connectivity index is 1.64. The van der Waals surface area contributed by atoms with Gasteiger partial charge in [0.05, 0.1) is 12.2 Å². The first kappa shape index (κ1) is 23.3. The molecule has 0 saturated carbocycles. The fraction of sp³-hybridized carbons (Fsp3) is 0.429. The monoisotopic (exact) mass is 451 g/mol. The summed E-state index contributed by atoms with van der Waals surface area (Å²) in [6.07, 6.45) is -4.40. The van der Waals surface area contributed by atoms with Gasteiger partial charge in [0.25, 0.3) is 0 Å². The molecule has 0 atom stereocenters. The number of ether oxygens (including phenoxy) is 1. The predicted molar refractivity (Wildman–Crippen MR) is 111 cm³/mol. The summed E-state index contributed by atoms with van der Waals surface area (Å²) in [6, 6.07) is 6.18. The van der Waals surface area contributed by atoms with Crippen LogP contribution in [0.2, 0.25) is 0 Å². The average Bonchev–Trinajstić information content (AvgIpc) is 2.77. The van der Waals surface area contributed by atoms with Crippen molar-refractivity contribution in [1.82, 2.24) is 20.2 Å². The Kier molecular flexibility index (Phi) is 7.16. The number of aromatic nitrogens is 2. The molecule has 3 rings (SSSR count). The highest BCUT2D eigenvalue weighted by Crippen LogP contribution is 2.30. The van der Waals surface area contributed by atoms with E-state index in [0.29, 0.717) is 49.1 Å². The Labute approximate surface area is 183 Å². The number of aryl methyl sites for hydroxylation is 1. The summed E-state index contributed by atoms with van der Waals surface area (Å²) < 4.78 is 43.2. The molecule has 2 amide bonds. The van der Waals surface area contributed by atoms with E-state index in [1.807, 2.05) is 4.90 Å². The van der Waals surface area contributed by atoms with E-state index < -0.39 is 17.7 Å². The summed E-state index contributed by atoms with van der Waals surface area (Å²) in [4.78, 5) is 36.1. The largest absolute Gasteiger partial charge is 0.465 e. The van der Waals surface area contributed by atoms with Crippen molar-refractivity contribution in [2.75, 3.05) is 44.2 Å². The van der Waals surface area contributed by atoms with Crippen LogP contribution in [0.25, 0.3) is 11.4 Å². The zero-order valence-corrected chi connectivity index (χ0v) is 17.8. The lowest BCUT2D eigenvalue weighted by Gasteiger charge is -2.35. The molecular weight excluding hydrogens is 427 g/mol. The average molecular weight is 451 g/mol. The van der Waals surface area contributed by atoms with Gasteiger partial charge in [-0.2, -0.15) is 13.2 Å². The number of anilines is 1. The van der Waals surface area contributed by atoms with Gasteiger partial charge >= 0.3 is 18.2 Å². The number of nitrogens with one attached hydrogen (secondary N) is 1. The van der Waals surface area contributed by atoms with Gasteiger partial charge < -0.3 is 19.9 Å². The summed E-state index contributed by atoms with van der Waals surface area (Å²) in [5, 5.41) is 2.53. The lowest BCUT2D eigenvalue weighted by Crippen LogP contribution is -2.52. The fourth-order valence-electron chi connectivity index (χ4n) is 3.26. The van der Waals surface area contributed by atoms with Gasteiger partial charge in [-0.15, -0.1) is 0 Å². The highest BCUT2D eigenvalue weighted by atomic mass is 19.4. The van der Waals surface area contributed by atoms with Crippen molar-refractivity contribution in [3.05, 3.63) is 41.6 Å². The highest BCUT2D eigenvalue weighted by Gasteiger charge is 2.30. The molecule has 0 radical (unpaired) electrons. The molecule has 1 aliphatic heterocycles. The van der Waals surface area contributed by atoms with Crippen LogP contribution in [0.4, 0.5) is 23.8 Å². The number of carbonyl (C=O) groups excluding carboxylic acids is 2. The van der Waals surface area contributed by atoms with Crippen LogP contribution in [0.3, 0.4) is 0 Å². The number of nitrogens with zero attached hydrogens (tertiary/aromatic N) is 4. The first-order valence-electron chi connectivity index (χ1n) is 10.1. The Morgan fingerprint density at radius 1 is 1.09 bits per heavy atom. The van der Waals surface area contributed by atoms with E-state index in [4.69, 9.17) is 4.74 Å². The number of alkyl halides is 3. The van der Waals surface area contributed by atoms with Crippen LogP contribution < -0.4 is 10.2 Å². The number of carbonyl (C=O) groups is 2. The molecule has 1 aromatic carbocycles. The zero-order chi connectivity index (χ0) is 23.3. The van der Waals surface area contributed by atoms with Crippen LogP contribution in [-0.2, 0) is 15.7 Å². The molecule has 1 aliphatic rings. The number of amides is 2. The highest BCUT2D eigenvalue weighted by molar-refractivity contribution is 5.81. The Bertz CT molecular complexity index is 958. The van der Waals surface area contributed by atoms with Crippen molar-refractivity contribution >= 4 is 17.8 Å². The molecule has 0 aliphatic carbocycles. The number of hydrogen-bond donors (Lipinski definition) is 1. The van der Waals surface area contributed by atoms with E-state index in [9.17, 15) is 22.8 Å². The number of rotatable bonds is 5. The third kappa shape index (κ3) is 5.86. The lowest BCUT2D eigenvalue weighted by molar-refractivity contribution is -0.142. The molecule has 1 aromatic heterocycles. The number of urea groups is 1. The minimum absolute atomic E-state index is 0.186. The van der Waals surface area contributed by atoms with Crippen LogP contribution in [0.5, 0.6) is 0 Å². The second kappa shape index (κ2) is 9.84. The molecule has 0 unspecified atom stereocenters. The van der Waals surface area contributed by atoms with Crippen LogP contribution >= 0.6 is 0 Å². The fourth-order valence-corrected chi connectivity index (χ4v) is 3.26. The van der Waals surface area contributed by atoms with E-state index in [2.05, 4.69) is 15.3 Å². The molecule has 32 heavy (non-hydrogen) atoms. The second-order valence-electron chi connectivity index (χ2n) is 7.20. The summed E-state index contributed by atoms with van der Waals surface area (Å²) in [7, 11) is 0. The zero-order valence-electron chi connectivity index (χ0n) is 17.8. The minimum atomic E-state index is -4.40. The normalized spacial score (nSPS) is 14.3. The van der Waals surface area contributed by atoms with Gasteiger partial charge in [-0.1, -0.05) is 12.1 Å². The standard InChI is InChI=1S/C21H24F3N5O3/c1-3-32-18(30)13-25-20(31)29-10-8-28(9-11-29)17-12-14(2)26-19(27-17)15-4-6-16(7-5-15)21(22,23)24/h4-7,12H,3,8-11,13H2,1-2H3,(H,25,31). The maximum absolute atomic E-state index is 12.8. The predicted octanol–water partition coefficient (Wildman–Crippen LogP) is 2.87. The Hall–Kier alpha value is -3.37. The summed E-state index contributed by atoms with van der Waals surface area (Å²) in [5.41, 5.74) is 0.436. The summed E-state index contributed by atoms with van der Waals surface area (Å²) in [6.45, 7) is 5.41. The van der Waals surface area contributed by atoms with Gasteiger partial charge in [-0.05, 0) is 26.0 Å². The minimum Gasteiger partial charge on any atom is -0.465 e. The van der Waals surface area contributed by atoms with Crippen LogP contribution in [-0.4, -0.2) is 66.2 Å². The molecule has 1 N–H and O–H groups in total. The van der Waals surface area contributed by atoms with Gasteiger partial charge in [0.15, 0.2) is 5.82 Å². The SMILES string of the molecule is CCOC(=O)CNC(=O)N1CCN(c2cc(C)nc(-c3ccc(C(F)(F)F)cc3)n2)CC1. The quantitative estimate of drug-likeness (QED) is 0.704. The van der Waals surface area contributed by atoms with Gasteiger partial charge in [-0.25, -0.2) is 14.8 Å². The number of piperazine rings is 1. The van der Waals surface area contributed by atoms with E-state index >= 15 is 0 Å². The van der Waals surface area contributed by atoms with Crippen molar-refractivity contribution in [2.24, 2.45) is 0 Å². The van der Waals surface area contributed by atoms with Crippen LogP contribution in [0.1, 0.15) is 18.2 Å². The molecule has 1 fully saturated rings. The van der Waals surface area contributed by atoms with Crippen molar-refractivity contribution in [2.45, 2.75) is 20.0 Å². The van der Waals surface area contributed by atoms with E-state index in [0.717, 1.165) is 12.1 Å². The van der Waals surface area contributed by atoms with Crippen molar-refractivity contribution in [3.8, 4) is 11.4 Å². The van der Waals surface area contributed by atoms with Crippen LogP contribution in [0.15, 0.2) is 30.3 Å². The maximum atomic E-state index is 12.8. The van der Waals surface area contributed by atoms with Crippen molar-refractivity contribution in [1.29, 1.82) is 0 Å². The van der Waals surface area contributed by atoms with E-state index in [1.54, 1.807) is 24.8 Å². The smallest absolute Gasteiger partial charge is 0.416 e. The van der Waals surface area contributed by atoms with Gasteiger partial charge in [0, 0.05) is 43.5 Å². The van der Waals surface area contributed by atoms with Crippen molar-refractivity contribution in [3.63, 3.8) is 0 Å². The second-order valence-corrected chi connectivity index (χ2v) is 7.20. The van der Waals surface area contributed by atoms with Crippen molar-refractivity contribution < 1.29 is 27.5 Å². The summed E-state index contributed by atoms with van der Waals surface area (Å²) >= 11 is 0. The van der Waals surface area contributed by atoms with E-state index in [-0.39, 0.29) is 19.2 Å². The van der Waals surface area contributed by atoms with Crippen LogP contribution in [0, 0.1) is 6.92 Å². The van der Waals surface area contributed by atoms with Gasteiger partial charge in [0.1, 0.15) is 12.4 Å². The lowest BCUT2D eigenvalue weighted by atomic mass is 10.1. The maximum Gasteiger partial charge on any atom is 0.416 e. The number of hydrogen-bond acceptors (Lipinski definition) is 6. The molecular formula is C21H24F3N5O3. The Morgan fingerprint density at radius 3 is 2.34 bits per heavy atom. The molecule has 8 nitrogen and oxygen atoms in total. The number of esters is 1. The molecule has 172 valence electrons. The Morgan fingerprint density at radius 2 is 1.75 bits per heavy atom. The first-order valence-corrected chi connectivity index (χ1v) is 10.1.